The molecule has 2 unspecified atom stereocenters. The molecule has 0 radical (unpaired) electrons. The van der Waals surface area contributed by atoms with Gasteiger partial charge in [0.1, 0.15) is 0 Å². The van der Waals surface area contributed by atoms with Gasteiger partial charge in [-0.15, -0.1) is 0 Å². The van der Waals surface area contributed by atoms with Gasteiger partial charge >= 0.3 is 0 Å². The highest BCUT2D eigenvalue weighted by molar-refractivity contribution is 5.26. The average molecular weight is 288 g/mol. The van der Waals surface area contributed by atoms with Gasteiger partial charge in [-0.25, -0.2) is 0 Å². The van der Waals surface area contributed by atoms with Crippen molar-refractivity contribution in [3.63, 3.8) is 0 Å². The lowest BCUT2D eigenvalue weighted by Gasteiger charge is -2.38. The highest BCUT2D eigenvalue weighted by atomic mass is 15.2. The molecular weight excluding hydrogens is 256 g/mol. The fourth-order valence-electron chi connectivity index (χ4n) is 3.74. The monoisotopic (exact) mass is 288 g/mol. The number of hydrogen-bond donors (Lipinski definition) is 1. The zero-order chi connectivity index (χ0) is 15.3. The van der Waals surface area contributed by atoms with E-state index < -0.39 is 0 Å². The van der Waals surface area contributed by atoms with Crippen molar-refractivity contribution >= 4 is 0 Å². The second kappa shape index (κ2) is 7.42. The van der Waals surface area contributed by atoms with Crippen molar-refractivity contribution in [1.29, 1.82) is 0 Å². The second-order valence-electron chi connectivity index (χ2n) is 7.13. The topological polar surface area (TPSA) is 15.3 Å². The summed E-state index contributed by atoms with van der Waals surface area (Å²) < 4.78 is 0. The standard InChI is InChI=1S/C19H32N2/c1-5-20-14-19(4,17-10-7-6-8-11-17)15-21-13-9-12-18(21)16(2)3/h6-8,10-11,16,18,20H,5,9,12-15H2,1-4H3. The maximum atomic E-state index is 3.58. The lowest BCUT2D eigenvalue weighted by Crippen LogP contribution is -2.48. The van der Waals surface area contributed by atoms with Gasteiger partial charge in [0.15, 0.2) is 0 Å². The van der Waals surface area contributed by atoms with Crippen LogP contribution in [0.4, 0.5) is 0 Å². The minimum Gasteiger partial charge on any atom is -0.316 e. The average Bonchev–Trinajstić information content (AvgIpc) is 2.94. The maximum Gasteiger partial charge on any atom is 0.0177 e. The van der Waals surface area contributed by atoms with Crippen molar-refractivity contribution in [3.05, 3.63) is 35.9 Å². The SMILES string of the molecule is CCNCC(C)(CN1CCCC1C(C)C)c1ccccc1. The summed E-state index contributed by atoms with van der Waals surface area (Å²) in [5.74, 6) is 0.756. The third-order valence-corrected chi connectivity index (χ3v) is 4.97. The van der Waals surface area contributed by atoms with Gasteiger partial charge in [-0.3, -0.25) is 4.90 Å². The molecule has 1 aromatic rings. The Balaban J connectivity index is 2.16. The fraction of sp³-hybridized carbons (Fsp3) is 0.684. The van der Waals surface area contributed by atoms with Crippen LogP contribution in [0.2, 0.25) is 0 Å². The second-order valence-corrected chi connectivity index (χ2v) is 7.13. The first-order valence-electron chi connectivity index (χ1n) is 8.57. The van der Waals surface area contributed by atoms with Crippen molar-refractivity contribution in [2.45, 2.75) is 52.0 Å². The predicted molar refractivity (Wildman–Crippen MR) is 91.8 cm³/mol. The summed E-state index contributed by atoms with van der Waals surface area (Å²) in [4.78, 5) is 2.73. The zero-order valence-electron chi connectivity index (χ0n) is 14.2. The van der Waals surface area contributed by atoms with Crippen LogP contribution < -0.4 is 5.32 Å². The highest BCUT2D eigenvalue weighted by Crippen LogP contribution is 2.30. The van der Waals surface area contributed by atoms with Gasteiger partial charge in [-0.2, -0.15) is 0 Å². The first kappa shape index (κ1) is 16.5. The Hall–Kier alpha value is -0.860. The molecule has 1 N–H and O–H groups in total. The van der Waals surface area contributed by atoms with Gasteiger partial charge in [0.25, 0.3) is 0 Å². The molecule has 0 aromatic heterocycles. The number of likely N-dealkylation sites (tertiary alicyclic amines) is 1. The molecule has 1 heterocycles. The molecule has 2 nitrogen and oxygen atoms in total. The maximum absolute atomic E-state index is 3.58. The first-order valence-corrected chi connectivity index (χ1v) is 8.57. The van der Waals surface area contributed by atoms with Gasteiger partial charge in [0.2, 0.25) is 0 Å². The Bertz CT molecular complexity index is 415. The van der Waals surface area contributed by atoms with E-state index in [0.717, 1.165) is 31.6 Å². The van der Waals surface area contributed by atoms with Crippen molar-refractivity contribution in [2.75, 3.05) is 26.2 Å². The van der Waals surface area contributed by atoms with Crippen LogP contribution in [0.3, 0.4) is 0 Å². The summed E-state index contributed by atoms with van der Waals surface area (Å²) in [6.45, 7) is 13.9. The molecule has 0 saturated carbocycles. The van der Waals surface area contributed by atoms with E-state index in [0.29, 0.717) is 0 Å². The predicted octanol–water partition coefficient (Wildman–Crippen LogP) is 3.67. The van der Waals surface area contributed by atoms with Crippen LogP contribution in [0.5, 0.6) is 0 Å². The summed E-state index contributed by atoms with van der Waals surface area (Å²) >= 11 is 0. The highest BCUT2D eigenvalue weighted by Gasteiger charge is 2.34. The smallest absolute Gasteiger partial charge is 0.0177 e. The van der Waals surface area contributed by atoms with Crippen molar-refractivity contribution in [2.24, 2.45) is 5.92 Å². The zero-order valence-corrected chi connectivity index (χ0v) is 14.2. The Kier molecular flexibility index (Phi) is 5.83. The van der Waals surface area contributed by atoms with Gasteiger partial charge in [0.05, 0.1) is 0 Å². The molecule has 2 heteroatoms. The largest absolute Gasteiger partial charge is 0.316 e. The third kappa shape index (κ3) is 4.08. The van der Waals surface area contributed by atoms with Gasteiger partial charge in [0, 0.05) is 24.5 Å². The number of nitrogens with one attached hydrogen (secondary N) is 1. The minimum absolute atomic E-state index is 0.189. The number of hydrogen-bond acceptors (Lipinski definition) is 2. The van der Waals surface area contributed by atoms with E-state index in [1.165, 1.54) is 24.9 Å². The van der Waals surface area contributed by atoms with E-state index in [2.05, 4.69) is 68.2 Å². The first-order chi connectivity index (χ1) is 10.1. The normalized spacial score (nSPS) is 22.6. The molecule has 2 rings (SSSR count). The van der Waals surface area contributed by atoms with Crippen LogP contribution in [-0.2, 0) is 5.41 Å². The van der Waals surface area contributed by atoms with Crippen molar-refractivity contribution < 1.29 is 0 Å². The molecule has 1 fully saturated rings. The fourth-order valence-corrected chi connectivity index (χ4v) is 3.74. The number of likely N-dealkylation sites (N-methyl/N-ethyl adjacent to an activating group) is 1. The summed E-state index contributed by atoms with van der Waals surface area (Å²) in [6, 6.07) is 11.8. The van der Waals surface area contributed by atoms with E-state index in [1.807, 2.05) is 0 Å². The molecule has 1 aromatic carbocycles. The number of benzene rings is 1. The van der Waals surface area contributed by atoms with E-state index in [4.69, 9.17) is 0 Å². The molecule has 118 valence electrons. The third-order valence-electron chi connectivity index (χ3n) is 4.97. The minimum atomic E-state index is 0.189. The van der Waals surface area contributed by atoms with Crippen molar-refractivity contribution in [1.82, 2.24) is 10.2 Å². The molecule has 1 aliphatic heterocycles. The molecule has 0 bridgehead atoms. The van der Waals surface area contributed by atoms with Crippen LogP contribution in [0.15, 0.2) is 30.3 Å². The molecule has 21 heavy (non-hydrogen) atoms. The Morgan fingerprint density at radius 2 is 2.00 bits per heavy atom. The molecule has 0 amide bonds. The van der Waals surface area contributed by atoms with E-state index in [-0.39, 0.29) is 5.41 Å². The summed E-state index contributed by atoms with van der Waals surface area (Å²) in [5, 5.41) is 3.58. The molecule has 0 aliphatic carbocycles. The van der Waals surface area contributed by atoms with E-state index in [9.17, 15) is 0 Å². The Labute approximate surface area is 130 Å². The molecular formula is C19H32N2. The quantitative estimate of drug-likeness (QED) is 0.823. The number of rotatable bonds is 7. The van der Waals surface area contributed by atoms with Crippen LogP contribution in [0.25, 0.3) is 0 Å². The van der Waals surface area contributed by atoms with Crippen LogP contribution in [0, 0.1) is 5.92 Å². The summed E-state index contributed by atoms with van der Waals surface area (Å²) in [7, 11) is 0. The van der Waals surface area contributed by atoms with Gasteiger partial charge in [-0.05, 0) is 37.4 Å². The van der Waals surface area contributed by atoms with Crippen LogP contribution in [0.1, 0.15) is 46.1 Å². The number of nitrogens with zero attached hydrogens (tertiary/aromatic N) is 1. The lowest BCUT2D eigenvalue weighted by molar-refractivity contribution is 0.164. The Morgan fingerprint density at radius 1 is 1.29 bits per heavy atom. The summed E-state index contributed by atoms with van der Waals surface area (Å²) in [5.41, 5.74) is 1.65. The van der Waals surface area contributed by atoms with Gasteiger partial charge < -0.3 is 5.32 Å². The van der Waals surface area contributed by atoms with E-state index >= 15 is 0 Å². The molecule has 0 spiro atoms. The van der Waals surface area contributed by atoms with Crippen LogP contribution >= 0.6 is 0 Å². The van der Waals surface area contributed by atoms with E-state index in [1.54, 1.807) is 0 Å². The lowest BCUT2D eigenvalue weighted by atomic mass is 9.81. The van der Waals surface area contributed by atoms with Crippen molar-refractivity contribution in [3.8, 4) is 0 Å². The molecule has 2 atom stereocenters. The molecule has 1 saturated heterocycles. The Morgan fingerprint density at radius 3 is 2.62 bits per heavy atom. The summed E-state index contributed by atoms with van der Waals surface area (Å²) in [6.07, 6.45) is 2.72. The molecule has 1 aliphatic rings. The van der Waals surface area contributed by atoms with Gasteiger partial charge in [-0.1, -0.05) is 58.0 Å². The van der Waals surface area contributed by atoms with Crippen LogP contribution in [-0.4, -0.2) is 37.1 Å².